The Bertz CT molecular complexity index is 752. The van der Waals surface area contributed by atoms with Crippen LogP contribution in [0.15, 0.2) is 73.3 Å². The molecule has 3 aromatic rings. The zero-order valence-electron chi connectivity index (χ0n) is 11.6. The number of hydrogen-bond donors (Lipinski definition) is 1. The quantitative estimate of drug-likeness (QED) is 0.781. The summed E-state index contributed by atoms with van der Waals surface area (Å²) < 4.78 is 2.01. The molecule has 0 saturated heterocycles. The van der Waals surface area contributed by atoms with Gasteiger partial charge in [0.15, 0.2) is 0 Å². The summed E-state index contributed by atoms with van der Waals surface area (Å²) in [5.74, 6) is 0. The van der Waals surface area contributed by atoms with E-state index in [1.165, 1.54) is 5.56 Å². The van der Waals surface area contributed by atoms with Crippen LogP contribution in [-0.4, -0.2) is 14.7 Å². The van der Waals surface area contributed by atoms with E-state index in [0.29, 0.717) is 0 Å². The molecule has 0 amide bonds. The van der Waals surface area contributed by atoms with Gasteiger partial charge in [0, 0.05) is 12.4 Å². The van der Waals surface area contributed by atoms with Crippen molar-refractivity contribution < 1.29 is 5.11 Å². The lowest BCUT2D eigenvalue weighted by Crippen LogP contribution is -2.34. The maximum atomic E-state index is 11.6. The number of imidazole rings is 1. The highest BCUT2D eigenvalue weighted by atomic mass is 16.3. The molecule has 2 unspecified atom stereocenters. The van der Waals surface area contributed by atoms with Gasteiger partial charge in [0.2, 0.25) is 0 Å². The number of aromatic nitrogens is 2. The van der Waals surface area contributed by atoms with Crippen LogP contribution in [0.3, 0.4) is 0 Å². The normalized spacial score (nSPS) is 24.0. The highest BCUT2D eigenvalue weighted by molar-refractivity contribution is 5.47. The lowest BCUT2D eigenvalue weighted by atomic mass is 9.85. The molecule has 2 atom stereocenters. The summed E-state index contributed by atoms with van der Waals surface area (Å²) >= 11 is 0. The van der Waals surface area contributed by atoms with Crippen molar-refractivity contribution in [3.63, 3.8) is 0 Å². The van der Waals surface area contributed by atoms with Gasteiger partial charge in [-0.2, -0.15) is 0 Å². The molecule has 0 aliphatic heterocycles. The van der Waals surface area contributed by atoms with Crippen LogP contribution in [0.1, 0.15) is 22.7 Å². The molecule has 1 heterocycles. The number of fused-ring (bicyclic) bond motifs is 1. The van der Waals surface area contributed by atoms with E-state index >= 15 is 0 Å². The molecule has 3 nitrogen and oxygen atoms in total. The molecule has 2 aromatic carbocycles. The van der Waals surface area contributed by atoms with Gasteiger partial charge >= 0.3 is 0 Å². The Morgan fingerprint density at radius 1 is 1.05 bits per heavy atom. The molecule has 0 bridgehead atoms. The number of benzene rings is 2. The van der Waals surface area contributed by atoms with Gasteiger partial charge in [-0.1, -0.05) is 54.6 Å². The Balaban J connectivity index is 1.94. The van der Waals surface area contributed by atoms with Gasteiger partial charge in [0.25, 0.3) is 0 Å². The summed E-state index contributed by atoms with van der Waals surface area (Å²) in [4.78, 5) is 4.14. The first-order valence-electron chi connectivity index (χ1n) is 7.14. The molecule has 4 rings (SSSR count). The molecular formula is C18H16N2O. The highest BCUT2D eigenvalue weighted by Gasteiger charge is 2.47. The van der Waals surface area contributed by atoms with Crippen molar-refractivity contribution in [1.82, 2.24) is 9.55 Å². The average Bonchev–Trinajstić information content (AvgIpc) is 3.16. The average molecular weight is 276 g/mol. The minimum absolute atomic E-state index is 0.0696. The predicted molar refractivity (Wildman–Crippen MR) is 80.9 cm³/mol. The molecule has 1 aliphatic carbocycles. The van der Waals surface area contributed by atoms with Crippen LogP contribution in [-0.2, 0) is 12.0 Å². The number of nitrogens with zero attached hydrogens (tertiary/aromatic N) is 2. The first kappa shape index (κ1) is 12.4. The van der Waals surface area contributed by atoms with E-state index in [4.69, 9.17) is 0 Å². The highest BCUT2D eigenvalue weighted by Crippen LogP contribution is 2.48. The van der Waals surface area contributed by atoms with E-state index in [0.717, 1.165) is 17.5 Å². The fourth-order valence-corrected chi connectivity index (χ4v) is 3.42. The largest absolute Gasteiger partial charge is 0.378 e. The van der Waals surface area contributed by atoms with Crippen molar-refractivity contribution in [3.05, 3.63) is 90.0 Å². The molecule has 0 spiro atoms. The maximum Gasteiger partial charge on any atom is 0.136 e. The summed E-state index contributed by atoms with van der Waals surface area (Å²) in [5.41, 5.74) is 2.10. The van der Waals surface area contributed by atoms with Crippen molar-refractivity contribution in [3.8, 4) is 0 Å². The molecule has 0 saturated carbocycles. The SMILES string of the molecule is OC1(c2ccccc2)c2ccccc2CC1n1ccnc1. The maximum absolute atomic E-state index is 11.6. The summed E-state index contributed by atoms with van der Waals surface area (Å²) in [5, 5.41) is 11.6. The minimum Gasteiger partial charge on any atom is -0.378 e. The fraction of sp³-hybridized carbons (Fsp3) is 0.167. The standard InChI is InChI=1S/C18H16N2O/c21-18(15-7-2-1-3-8-15)16-9-5-4-6-14(16)12-17(18)20-11-10-19-13-20/h1-11,13,17,21H,12H2. The van der Waals surface area contributed by atoms with Gasteiger partial charge < -0.3 is 9.67 Å². The Kier molecular flexibility index (Phi) is 2.69. The molecule has 0 radical (unpaired) electrons. The monoisotopic (exact) mass is 276 g/mol. The van der Waals surface area contributed by atoms with Crippen LogP contribution in [0.5, 0.6) is 0 Å². The smallest absolute Gasteiger partial charge is 0.136 e. The predicted octanol–water partition coefficient (Wildman–Crippen LogP) is 2.92. The Labute approximate surface area is 123 Å². The second-order valence-corrected chi connectivity index (χ2v) is 5.52. The molecule has 21 heavy (non-hydrogen) atoms. The van der Waals surface area contributed by atoms with E-state index < -0.39 is 5.60 Å². The zero-order chi connectivity index (χ0) is 14.3. The van der Waals surface area contributed by atoms with E-state index in [2.05, 4.69) is 11.1 Å². The van der Waals surface area contributed by atoms with Gasteiger partial charge in [-0.15, -0.1) is 0 Å². The summed E-state index contributed by atoms with van der Waals surface area (Å²) in [7, 11) is 0. The summed E-state index contributed by atoms with van der Waals surface area (Å²) in [6, 6.07) is 18.0. The van der Waals surface area contributed by atoms with Crippen molar-refractivity contribution >= 4 is 0 Å². The third-order valence-electron chi connectivity index (χ3n) is 4.42. The van der Waals surface area contributed by atoms with Crippen LogP contribution in [0, 0.1) is 0 Å². The number of rotatable bonds is 2. The fourth-order valence-electron chi connectivity index (χ4n) is 3.42. The Morgan fingerprint density at radius 2 is 1.81 bits per heavy atom. The van der Waals surface area contributed by atoms with Crippen molar-refractivity contribution in [2.45, 2.75) is 18.1 Å². The number of hydrogen-bond acceptors (Lipinski definition) is 2. The number of aliphatic hydroxyl groups is 1. The molecule has 0 fully saturated rings. The van der Waals surface area contributed by atoms with E-state index in [1.54, 1.807) is 12.5 Å². The molecule has 1 aliphatic rings. The van der Waals surface area contributed by atoms with Gasteiger partial charge in [-0.3, -0.25) is 0 Å². The van der Waals surface area contributed by atoms with E-state index in [-0.39, 0.29) is 6.04 Å². The van der Waals surface area contributed by atoms with Gasteiger partial charge in [-0.25, -0.2) is 4.98 Å². The first-order valence-corrected chi connectivity index (χ1v) is 7.14. The van der Waals surface area contributed by atoms with Crippen molar-refractivity contribution in [2.24, 2.45) is 0 Å². The zero-order valence-corrected chi connectivity index (χ0v) is 11.6. The van der Waals surface area contributed by atoms with Crippen molar-refractivity contribution in [2.75, 3.05) is 0 Å². The van der Waals surface area contributed by atoms with Crippen LogP contribution in [0.2, 0.25) is 0 Å². The third kappa shape index (κ3) is 1.74. The van der Waals surface area contributed by atoms with Gasteiger partial charge in [-0.05, 0) is 23.1 Å². The van der Waals surface area contributed by atoms with Crippen LogP contribution in [0.25, 0.3) is 0 Å². The lowest BCUT2D eigenvalue weighted by Gasteiger charge is -2.32. The Hall–Kier alpha value is -2.39. The minimum atomic E-state index is -1.02. The second-order valence-electron chi connectivity index (χ2n) is 5.52. The third-order valence-corrected chi connectivity index (χ3v) is 4.42. The molecule has 1 N–H and O–H groups in total. The lowest BCUT2D eigenvalue weighted by molar-refractivity contribution is 0.0355. The van der Waals surface area contributed by atoms with Crippen molar-refractivity contribution in [1.29, 1.82) is 0 Å². The van der Waals surface area contributed by atoms with Gasteiger partial charge in [0.1, 0.15) is 5.60 Å². The summed E-state index contributed by atoms with van der Waals surface area (Å²) in [6.07, 6.45) is 6.27. The second kappa shape index (κ2) is 4.57. The van der Waals surface area contributed by atoms with Gasteiger partial charge in [0.05, 0.1) is 12.4 Å². The van der Waals surface area contributed by atoms with E-state index in [1.807, 2.05) is 59.3 Å². The van der Waals surface area contributed by atoms with Crippen LogP contribution < -0.4 is 0 Å². The molecule has 104 valence electrons. The Morgan fingerprint density at radius 3 is 2.57 bits per heavy atom. The molecule has 1 aromatic heterocycles. The summed E-state index contributed by atoms with van der Waals surface area (Å²) in [6.45, 7) is 0. The topological polar surface area (TPSA) is 38.0 Å². The van der Waals surface area contributed by atoms with Crippen LogP contribution >= 0.6 is 0 Å². The first-order chi connectivity index (χ1) is 10.3. The molecular weight excluding hydrogens is 260 g/mol. The van der Waals surface area contributed by atoms with E-state index in [9.17, 15) is 5.11 Å². The van der Waals surface area contributed by atoms with Crippen LogP contribution in [0.4, 0.5) is 0 Å². The molecule has 3 heteroatoms.